The SMILES string of the molecule is CCNC(=NCc1ccccn1)NCCc1cc(C)cc(C)c1.I. The minimum Gasteiger partial charge on any atom is -0.357 e. The summed E-state index contributed by atoms with van der Waals surface area (Å²) in [7, 11) is 0. The Morgan fingerprint density at radius 2 is 1.83 bits per heavy atom. The van der Waals surface area contributed by atoms with E-state index in [1.807, 2.05) is 18.2 Å². The number of aryl methyl sites for hydroxylation is 2. The lowest BCUT2D eigenvalue weighted by molar-refractivity contribution is 0.796. The molecule has 0 unspecified atom stereocenters. The van der Waals surface area contributed by atoms with Gasteiger partial charge in [-0.15, -0.1) is 24.0 Å². The lowest BCUT2D eigenvalue weighted by Gasteiger charge is -2.12. The van der Waals surface area contributed by atoms with Gasteiger partial charge in [0.15, 0.2) is 5.96 Å². The normalized spacial score (nSPS) is 10.9. The Morgan fingerprint density at radius 3 is 2.46 bits per heavy atom. The van der Waals surface area contributed by atoms with Crippen LogP contribution in [0.5, 0.6) is 0 Å². The number of nitrogens with zero attached hydrogens (tertiary/aromatic N) is 2. The molecule has 2 N–H and O–H groups in total. The van der Waals surface area contributed by atoms with Crippen LogP contribution in [0.2, 0.25) is 0 Å². The van der Waals surface area contributed by atoms with Crippen LogP contribution >= 0.6 is 24.0 Å². The molecule has 2 rings (SSSR count). The van der Waals surface area contributed by atoms with Crippen LogP contribution in [0.3, 0.4) is 0 Å². The molecule has 0 radical (unpaired) electrons. The zero-order valence-corrected chi connectivity index (χ0v) is 17.0. The number of aliphatic imine (C=N–C) groups is 1. The van der Waals surface area contributed by atoms with E-state index in [4.69, 9.17) is 0 Å². The van der Waals surface area contributed by atoms with Crippen molar-refractivity contribution in [3.05, 3.63) is 65.0 Å². The second-order valence-corrected chi connectivity index (χ2v) is 5.69. The maximum absolute atomic E-state index is 4.58. The molecule has 1 heterocycles. The smallest absolute Gasteiger partial charge is 0.191 e. The van der Waals surface area contributed by atoms with Crippen molar-refractivity contribution in [3.63, 3.8) is 0 Å². The molecule has 0 spiro atoms. The van der Waals surface area contributed by atoms with Crippen LogP contribution in [0.4, 0.5) is 0 Å². The minimum absolute atomic E-state index is 0. The first-order valence-corrected chi connectivity index (χ1v) is 8.16. The maximum Gasteiger partial charge on any atom is 0.191 e. The summed E-state index contributed by atoms with van der Waals surface area (Å²) in [5.74, 6) is 0.836. The van der Waals surface area contributed by atoms with E-state index < -0.39 is 0 Å². The fourth-order valence-corrected chi connectivity index (χ4v) is 2.53. The van der Waals surface area contributed by atoms with E-state index in [9.17, 15) is 0 Å². The Bertz CT molecular complexity index is 621. The molecular formula is C19H27IN4. The highest BCUT2D eigenvalue weighted by molar-refractivity contribution is 14.0. The van der Waals surface area contributed by atoms with Crippen molar-refractivity contribution in [3.8, 4) is 0 Å². The highest BCUT2D eigenvalue weighted by Crippen LogP contribution is 2.08. The number of guanidine groups is 1. The summed E-state index contributed by atoms with van der Waals surface area (Å²) in [5, 5.41) is 6.66. The van der Waals surface area contributed by atoms with Crippen LogP contribution in [0.25, 0.3) is 0 Å². The molecule has 130 valence electrons. The Kier molecular flexibility index (Phi) is 9.37. The van der Waals surface area contributed by atoms with Crippen LogP contribution in [0, 0.1) is 13.8 Å². The van der Waals surface area contributed by atoms with E-state index in [-0.39, 0.29) is 24.0 Å². The lowest BCUT2D eigenvalue weighted by Crippen LogP contribution is -2.38. The zero-order valence-electron chi connectivity index (χ0n) is 14.7. The largest absolute Gasteiger partial charge is 0.357 e. The molecule has 1 aromatic carbocycles. The lowest BCUT2D eigenvalue weighted by atomic mass is 10.1. The summed E-state index contributed by atoms with van der Waals surface area (Å²) in [4.78, 5) is 8.88. The highest BCUT2D eigenvalue weighted by atomic mass is 127. The minimum atomic E-state index is 0. The topological polar surface area (TPSA) is 49.3 Å². The number of hydrogen-bond donors (Lipinski definition) is 2. The molecule has 0 aliphatic rings. The van der Waals surface area contributed by atoms with Crippen molar-refractivity contribution in [2.24, 2.45) is 4.99 Å². The summed E-state index contributed by atoms with van der Waals surface area (Å²) in [6.45, 7) is 8.64. The van der Waals surface area contributed by atoms with E-state index in [2.05, 4.69) is 59.6 Å². The molecule has 0 atom stereocenters. The highest BCUT2D eigenvalue weighted by Gasteiger charge is 2.00. The summed E-state index contributed by atoms with van der Waals surface area (Å²) < 4.78 is 0. The zero-order chi connectivity index (χ0) is 16.5. The summed E-state index contributed by atoms with van der Waals surface area (Å²) >= 11 is 0. The predicted octanol–water partition coefficient (Wildman–Crippen LogP) is 3.61. The number of hydrogen-bond acceptors (Lipinski definition) is 2. The second kappa shape index (κ2) is 11.0. The average Bonchev–Trinajstić information content (AvgIpc) is 2.53. The standard InChI is InChI=1S/C19H26N4.HI/c1-4-20-19(23-14-18-7-5-6-9-21-18)22-10-8-17-12-15(2)11-16(3)13-17;/h5-7,9,11-13H,4,8,10,14H2,1-3H3,(H2,20,22,23);1H. The Morgan fingerprint density at radius 1 is 1.08 bits per heavy atom. The molecule has 0 saturated carbocycles. The first kappa shape index (κ1) is 20.4. The molecular weight excluding hydrogens is 411 g/mol. The molecule has 1 aromatic heterocycles. The van der Waals surface area contributed by atoms with Crippen LogP contribution in [-0.4, -0.2) is 24.0 Å². The molecule has 0 aliphatic carbocycles. The van der Waals surface area contributed by atoms with E-state index in [1.165, 1.54) is 16.7 Å². The van der Waals surface area contributed by atoms with Gasteiger partial charge in [0, 0.05) is 19.3 Å². The van der Waals surface area contributed by atoms with Gasteiger partial charge in [-0.2, -0.15) is 0 Å². The fraction of sp³-hybridized carbons (Fsp3) is 0.368. The first-order valence-electron chi connectivity index (χ1n) is 8.16. The third kappa shape index (κ3) is 7.29. The number of halogens is 1. The molecule has 0 amide bonds. The van der Waals surface area contributed by atoms with Gasteiger partial charge in [0.05, 0.1) is 12.2 Å². The van der Waals surface area contributed by atoms with E-state index in [0.717, 1.165) is 31.2 Å². The number of nitrogens with one attached hydrogen (secondary N) is 2. The quantitative estimate of drug-likeness (QED) is 0.412. The van der Waals surface area contributed by atoms with E-state index >= 15 is 0 Å². The molecule has 2 aromatic rings. The van der Waals surface area contributed by atoms with Gasteiger partial charge in [0.2, 0.25) is 0 Å². The van der Waals surface area contributed by atoms with Crippen molar-refractivity contribution < 1.29 is 0 Å². The summed E-state index contributed by atoms with van der Waals surface area (Å²) in [5.41, 5.74) is 4.96. The van der Waals surface area contributed by atoms with E-state index in [1.54, 1.807) is 6.20 Å². The van der Waals surface area contributed by atoms with Crippen molar-refractivity contribution >= 4 is 29.9 Å². The van der Waals surface area contributed by atoms with Gasteiger partial charge in [0.25, 0.3) is 0 Å². The Labute approximate surface area is 162 Å². The Hall–Kier alpha value is -1.63. The maximum atomic E-state index is 4.58. The molecule has 0 fully saturated rings. The van der Waals surface area contributed by atoms with Gasteiger partial charge < -0.3 is 10.6 Å². The fourth-order valence-electron chi connectivity index (χ4n) is 2.53. The van der Waals surface area contributed by atoms with Crippen molar-refractivity contribution in [1.29, 1.82) is 0 Å². The molecule has 5 heteroatoms. The Balaban J connectivity index is 0.00000288. The molecule has 4 nitrogen and oxygen atoms in total. The second-order valence-electron chi connectivity index (χ2n) is 5.69. The number of pyridine rings is 1. The van der Waals surface area contributed by atoms with Crippen molar-refractivity contribution in [2.45, 2.75) is 33.7 Å². The monoisotopic (exact) mass is 438 g/mol. The summed E-state index contributed by atoms with van der Waals surface area (Å²) in [6, 6.07) is 12.6. The van der Waals surface area contributed by atoms with Gasteiger partial charge >= 0.3 is 0 Å². The summed E-state index contributed by atoms with van der Waals surface area (Å²) in [6.07, 6.45) is 2.78. The molecule has 0 bridgehead atoms. The third-order valence-corrected chi connectivity index (χ3v) is 3.46. The van der Waals surface area contributed by atoms with Crippen molar-refractivity contribution in [2.75, 3.05) is 13.1 Å². The van der Waals surface area contributed by atoms with Gasteiger partial charge in [-0.1, -0.05) is 35.4 Å². The predicted molar refractivity (Wildman–Crippen MR) is 112 cm³/mol. The number of benzene rings is 1. The van der Waals surface area contributed by atoms with E-state index in [0.29, 0.717) is 6.54 Å². The first-order chi connectivity index (χ1) is 11.2. The average molecular weight is 438 g/mol. The molecule has 24 heavy (non-hydrogen) atoms. The van der Waals surface area contributed by atoms with Gasteiger partial charge in [0.1, 0.15) is 0 Å². The third-order valence-electron chi connectivity index (χ3n) is 3.46. The van der Waals surface area contributed by atoms with Gasteiger partial charge in [-0.3, -0.25) is 4.98 Å². The van der Waals surface area contributed by atoms with Gasteiger partial charge in [-0.05, 0) is 44.9 Å². The van der Waals surface area contributed by atoms with Crippen LogP contribution in [0.15, 0.2) is 47.6 Å². The number of aromatic nitrogens is 1. The number of rotatable bonds is 6. The molecule has 0 saturated heterocycles. The van der Waals surface area contributed by atoms with Gasteiger partial charge in [-0.25, -0.2) is 4.99 Å². The van der Waals surface area contributed by atoms with Crippen LogP contribution < -0.4 is 10.6 Å². The molecule has 0 aliphatic heterocycles. The van der Waals surface area contributed by atoms with Crippen molar-refractivity contribution in [1.82, 2.24) is 15.6 Å². The van der Waals surface area contributed by atoms with Crippen LogP contribution in [0.1, 0.15) is 29.3 Å². The van der Waals surface area contributed by atoms with Crippen LogP contribution in [-0.2, 0) is 13.0 Å².